The molecule has 22 heavy (non-hydrogen) atoms. The van der Waals surface area contributed by atoms with E-state index in [1.165, 1.54) is 6.42 Å². The summed E-state index contributed by atoms with van der Waals surface area (Å²) in [4.78, 5) is 2.46. The summed E-state index contributed by atoms with van der Waals surface area (Å²) in [6.07, 6.45) is 5.26. The van der Waals surface area contributed by atoms with Gasteiger partial charge in [0.1, 0.15) is 5.75 Å². The summed E-state index contributed by atoms with van der Waals surface area (Å²) < 4.78 is 0. The number of phenolic OH excluding ortho intramolecular Hbond substituents is 1. The number of nitrogens with zero attached hydrogens (tertiary/aromatic N) is 1. The fourth-order valence-corrected chi connectivity index (χ4v) is 3.96. The Hall–Kier alpha value is -1.10. The van der Waals surface area contributed by atoms with Crippen LogP contribution in [0.3, 0.4) is 0 Å². The SMILES string of the molecule is Oc1ccc(C(CN2CCNCC2)C2(O)CCCCC2)cc1. The molecule has 1 aromatic rings. The van der Waals surface area contributed by atoms with Gasteiger partial charge in [-0.3, -0.25) is 0 Å². The summed E-state index contributed by atoms with van der Waals surface area (Å²) in [7, 11) is 0. The number of nitrogens with one attached hydrogen (secondary N) is 1. The van der Waals surface area contributed by atoms with E-state index in [2.05, 4.69) is 10.2 Å². The highest BCUT2D eigenvalue weighted by atomic mass is 16.3. The molecule has 3 N–H and O–H groups in total. The van der Waals surface area contributed by atoms with Crippen LogP contribution in [0.1, 0.15) is 43.6 Å². The van der Waals surface area contributed by atoms with Gasteiger partial charge in [0.25, 0.3) is 0 Å². The molecule has 0 radical (unpaired) electrons. The van der Waals surface area contributed by atoms with E-state index in [0.29, 0.717) is 5.75 Å². The Bertz CT molecular complexity index is 462. The summed E-state index contributed by atoms with van der Waals surface area (Å²) in [5, 5.41) is 24.2. The first kappa shape index (κ1) is 15.8. The Kier molecular flexibility index (Phi) is 5.01. The van der Waals surface area contributed by atoms with Gasteiger partial charge in [-0.1, -0.05) is 31.4 Å². The van der Waals surface area contributed by atoms with Crippen LogP contribution in [0.25, 0.3) is 0 Å². The van der Waals surface area contributed by atoms with Crippen molar-refractivity contribution in [3.8, 4) is 5.75 Å². The Morgan fingerprint density at radius 2 is 1.68 bits per heavy atom. The Balaban J connectivity index is 1.81. The first-order valence-electron chi connectivity index (χ1n) is 8.62. The minimum Gasteiger partial charge on any atom is -0.508 e. The fraction of sp³-hybridized carbons (Fsp3) is 0.667. The molecular weight excluding hydrogens is 276 g/mol. The van der Waals surface area contributed by atoms with Crippen LogP contribution in [0.2, 0.25) is 0 Å². The summed E-state index contributed by atoms with van der Waals surface area (Å²) >= 11 is 0. The molecule has 4 heteroatoms. The molecule has 1 aliphatic heterocycles. The van der Waals surface area contributed by atoms with Gasteiger partial charge < -0.3 is 20.4 Å². The Morgan fingerprint density at radius 1 is 1.05 bits per heavy atom. The second kappa shape index (κ2) is 6.99. The van der Waals surface area contributed by atoms with Crippen LogP contribution < -0.4 is 5.32 Å². The molecule has 2 aliphatic rings. The lowest BCUT2D eigenvalue weighted by atomic mass is 9.72. The third kappa shape index (κ3) is 3.62. The Labute approximate surface area is 133 Å². The van der Waals surface area contributed by atoms with E-state index in [0.717, 1.165) is 64.0 Å². The van der Waals surface area contributed by atoms with Gasteiger partial charge in [0.15, 0.2) is 0 Å². The number of hydrogen-bond acceptors (Lipinski definition) is 4. The molecule has 1 atom stereocenters. The van der Waals surface area contributed by atoms with Crippen molar-refractivity contribution >= 4 is 0 Å². The zero-order valence-corrected chi connectivity index (χ0v) is 13.3. The van der Waals surface area contributed by atoms with Gasteiger partial charge in [-0.05, 0) is 30.5 Å². The summed E-state index contributed by atoms with van der Waals surface area (Å²) in [5.41, 5.74) is 0.556. The smallest absolute Gasteiger partial charge is 0.115 e. The lowest BCUT2D eigenvalue weighted by Crippen LogP contribution is -2.49. The van der Waals surface area contributed by atoms with Gasteiger partial charge in [-0.2, -0.15) is 0 Å². The molecule has 2 fully saturated rings. The summed E-state index contributed by atoms with van der Waals surface area (Å²) in [5.74, 6) is 0.423. The lowest BCUT2D eigenvalue weighted by molar-refractivity contribution is -0.0316. The molecule has 0 amide bonds. The summed E-state index contributed by atoms with van der Waals surface area (Å²) in [6.45, 7) is 5.06. The highest BCUT2D eigenvalue weighted by Crippen LogP contribution is 2.40. The normalized spacial score (nSPS) is 24.0. The maximum Gasteiger partial charge on any atom is 0.115 e. The number of rotatable bonds is 4. The first-order chi connectivity index (χ1) is 10.7. The van der Waals surface area contributed by atoms with Crippen molar-refractivity contribution in [2.45, 2.75) is 43.6 Å². The van der Waals surface area contributed by atoms with Crippen LogP contribution in [0, 0.1) is 0 Å². The fourth-order valence-electron chi connectivity index (χ4n) is 3.96. The minimum absolute atomic E-state index is 0.131. The Morgan fingerprint density at radius 3 is 2.32 bits per heavy atom. The molecule has 0 spiro atoms. The molecule has 1 aliphatic carbocycles. The maximum absolute atomic E-state index is 11.3. The van der Waals surface area contributed by atoms with E-state index in [1.54, 1.807) is 12.1 Å². The second-order valence-electron chi connectivity index (χ2n) is 6.86. The van der Waals surface area contributed by atoms with E-state index in [1.807, 2.05) is 12.1 Å². The number of phenols is 1. The van der Waals surface area contributed by atoms with Gasteiger partial charge in [-0.25, -0.2) is 0 Å². The monoisotopic (exact) mass is 304 g/mol. The largest absolute Gasteiger partial charge is 0.508 e. The second-order valence-corrected chi connectivity index (χ2v) is 6.86. The molecule has 3 rings (SSSR count). The van der Waals surface area contributed by atoms with Crippen LogP contribution in [0.15, 0.2) is 24.3 Å². The van der Waals surface area contributed by atoms with E-state index in [4.69, 9.17) is 0 Å². The van der Waals surface area contributed by atoms with Crippen LogP contribution in [0.5, 0.6) is 5.75 Å². The molecule has 1 saturated carbocycles. The van der Waals surface area contributed by atoms with Crippen LogP contribution in [0.4, 0.5) is 0 Å². The van der Waals surface area contributed by atoms with Crippen molar-refractivity contribution in [3.05, 3.63) is 29.8 Å². The zero-order chi connectivity index (χ0) is 15.4. The number of benzene rings is 1. The molecule has 1 saturated heterocycles. The van der Waals surface area contributed by atoms with Crippen molar-refractivity contribution in [2.24, 2.45) is 0 Å². The topological polar surface area (TPSA) is 55.7 Å². The van der Waals surface area contributed by atoms with E-state index >= 15 is 0 Å². The quantitative estimate of drug-likeness (QED) is 0.797. The number of aromatic hydroxyl groups is 1. The third-order valence-corrected chi connectivity index (χ3v) is 5.31. The molecular formula is C18H28N2O2. The van der Waals surface area contributed by atoms with Gasteiger partial charge in [-0.15, -0.1) is 0 Å². The average Bonchev–Trinajstić information content (AvgIpc) is 2.55. The molecule has 0 aromatic heterocycles. The first-order valence-corrected chi connectivity index (χ1v) is 8.62. The van der Waals surface area contributed by atoms with Crippen molar-refractivity contribution in [3.63, 3.8) is 0 Å². The van der Waals surface area contributed by atoms with Crippen molar-refractivity contribution in [1.82, 2.24) is 10.2 Å². The predicted molar refractivity (Wildman–Crippen MR) is 88.2 cm³/mol. The number of piperazine rings is 1. The van der Waals surface area contributed by atoms with E-state index in [-0.39, 0.29) is 5.92 Å². The highest BCUT2D eigenvalue weighted by molar-refractivity contribution is 5.30. The lowest BCUT2D eigenvalue weighted by Gasteiger charge is -2.42. The maximum atomic E-state index is 11.3. The van der Waals surface area contributed by atoms with E-state index in [9.17, 15) is 10.2 Å². The van der Waals surface area contributed by atoms with E-state index < -0.39 is 5.60 Å². The molecule has 0 bridgehead atoms. The minimum atomic E-state index is -0.597. The van der Waals surface area contributed by atoms with Gasteiger partial charge in [0.05, 0.1) is 5.60 Å². The van der Waals surface area contributed by atoms with Gasteiger partial charge in [0.2, 0.25) is 0 Å². The third-order valence-electron chi connectivity index (χ3n) is 5.31. The highest BCUT2D eigenvalue weighted by Gasteiger charge is 2.39. The van der Waals surface area contributed by atoms with Crippen molar-refractivity contribution in [1.29, 1.82) is 0 Å². The molecule has 1 heterocycles. The zero-order valence-electron chi connectivity index (χ0n) is 13.3. The van der Waals surface area contributed by atoms with Crippen molar-refractivity contribution < 1.29 is 10.2 Å². The average molecular weight is 304 g/mol. The van der Waals surface area contributed by atoms with Crippen LogP contribution in [-0.2, 0) is 0 Å². The predicted octanol–water partition coefficient (Wildman–Crippen LogP) is 2.08. The molecule has 4 nitrogen and oxygen atoms in total. The summed E-state index contributed by atoms with van der Waals surface area (Å²) in [6, 6.07) is 7.45. The van der Waals surface area contributed by atoms with Gasteiger partial charge in [0, 0.05) is 38.6 Å². The van der Waals surface area contributed by atoms with Gasteiger partial charge >= 0.3 is 0 Å². The van der Waals surface area contributed by atoms with Crippen LogP contribution in [-0.4, -0.2) is 53.4 Å². The standard InChI is InChI=1S/C18H28N2O2/c21-16-6-4-15(5-7-16)17(14-20-12-10-19-11-13-20)18(22)8-2-1-3-9-18/h4-7,17,19,21-22H,1-3,8-14H2. The molecule has 122 valence electrons. The number of hydrogen-bond donors (Lipinski definition) is 3. The van der Waals surface area contributed by atoms with Crippen LogP contribution >= 0.6 is 0 Å². The molecule has 1 unspecified atom stereocenters. The number of aliphatic hydroxyl groups is 1. The molecule has 1 aromatic carbocycles. The van der Waals surface area contributed by atoms with Crippen molar-refractivity contribution in [2.75, 3.05) is 32.7 Å².